The van der Waals surface area contributed by atoms with Crippen LogP contribution in [0.1, 0.15) is 78.1 Å². The fourth-order valence-corrected chi connectivity index (χ4v) is 7.46. The van der Waals surface area contributed by atoms with Gasteiger partial charge in [0.2, 0.25) is 0 Å². The third-order valence-electron chi connectivity index (χ3n) is 9.29. The van der Waals surface area contributed by atoms with Gasteiger partial charge in [-0.3, -0.25) is 4.79 Å². The van der Waals surface area contributed by atoms with Gasteiger partial charge in [-0.1, -0.05) is 24.6 Å². The molecule has 5 atom stereocenters. The molecular formula is C24H36N2O2. The first-order chi connectivity index (χ1) is 13.5. The molecule has 4 nitrogen and oxygen atoms in total. The van der Waals surface area contributed by atoms with Crippen LogP contribution in [0.15, 0.2) is 16.8 Å². The number of fused-ring (bicyclic) bond motifs is 5. The minimum absolute atomic E-state index is 0.0112. The highest BCUT2D eigenvalue weighted by Crippen LogP contribution is 2.64. The summed E-state index contributed by atoms with van der Waals surface area (Å²) in [5, 5.41) is 7.96. The summed E-state index contributed by atoms with van der Waals surface area (Å²) in [6.07, 6.45) is 13.8. The van der Waals surface area contributed by atoms with E-state index in [0.29, 0.717) is 17.1 Å². The zero-order chi connectivity index (χ0) is 19.4. The molecule has 1 aliphatic heterocycles. The number of allylic oxidation sites excluding steroid dienone is 2. The smallest absolute Gasteiger partial charge is 0.139 e. The largest absolute Gasteiger partial charge is 0.392 e. The van der Waals surface area contributed by atoms with Crippen molar-refractivity contribution in [3.05, 3.63) is 11.6 Å². The monoisotopic (exact) mass is 384 g/mol. The number of Topliss-reactive ketones (excluding diaryl/α,β-unsaturated/α-hetero) is 1. The van der Waals surface area contributed by atoms with Crippen LogP contribution in [0.3, 0.4) is 0 Å². The van der Waals surface area contributed by atoms with E-state index < -0.39 is 0 Å². The minimum atomic E-state index is -0.0112. The average molecular weight is 385 g/mol. The normalized spacial score (nSPS) is 45.2. The van der Waals surface area contributed by atoms with Crippen LogP contribution in [0.5, 0.6) is 0 Å². The lowest BCUT2D eigenvalue weighted by Crippen LogP contribution is -2.50. The number of nitrogens with zero attached hydrogens (tertiary/aromatic N) is 1. The molecule has 4 aliphatic carbocycles. The molecule has 4 heteroatoms. The van der Waals surface area contributed by atoms with E-state index in [1.165, 1.54) is 25.7 Å². The summed E-state index contributed by atoms with van der Waals surface area (Å²) in [5.74, 6) is 2.69. The van der Waals surface area contributed by atoms with Crippen molar-refractivity contribution in [3.8, 4) is 0 Å². The van der Waals surface area contributed by atoms with Crippen molar-refractivity contribution in [2.45, 2.75) is 84.2 Å². The zero-order valence-electron chi connectivity index (χ0n) is 17.6. The van der Waals surface area contributed by atoms with Crippen molar-refractivity contribution < 1.29 is 9.63 Å². The third kappa shape index (κ3) is 2.89. The highest BCUT2D eigenvalue weighted by molar-refractivity contribution is 5.96. The van der Waals surface area contributed by atoms with Gasteiger partial charge in [0.25, 0.3) is 0 Å². The number of ketones is 1. The minimum Gasteiger partial charge on any atom is -0.392 e. The Morgan fingerprint density at radius 2 is 1.75 bits per heavy atom. The molecule has 5 rings (SSSR count). The topological polar surface area (TPSA) is 50.7 Å². The van der Waals surface area contributed by atoms with Crippen LogP contribution < -0.4 is 5.32 Å². The molecule has 3 unspecified atom stereocenters. The molecule has 0 aromatic rings. The molecule has 0 spiro atoms. The molecule has 0 bridgehead atoms. The Balaban J connectivity index is 1.33. The second-order valence-corrected chi connectivity index (χ2v) is 10.6. The van der Waals surface area contributed by atoms with Crippen LogP contribution >= 0.6 is 0 Å². The van der Waals surface area contributed by atoms with Crippen molar-refractivity contribution in [3.63, 3.8) is 0 Å². The Morgan fingerprint density at radius 1 is 0.964 bits per heavy atom. The quantitative estimate of drug-likeness (QED) is 0.706. The summed E-state index contributed by atoms with van der Waals surface area (Å²) >= 11 is 0. The van der Waals surface area contributed by atoms with Crippen LogP contribution in [0.2, 0.25) is 0 Å². The van der Waals surface area contributed by atoms with Crippen molar-refractivity contribution in [1.29, 1.82) is 0 Å². The zero-order valence-corrected chi connectivity index (χ0v) is 17.6. The average Bonchev–Trinajstić information content (AvgIpc) is 3.02. The first kappa shape index (κ1) is 18.8. The lowest BCUT2D eigenvalue weighted by molar-refractivity contribution is -0.132. The van der Waals surface area contributed by atoms with Crippen molar-refractivity contribution in [1.82, 2.24) is 5.32 Å². The van der Waals surface area contributed by atoms with E-state index in [0.717, 1.165) is 69.2 Å². The second-order valence-electron chi connectivity index (χ2n) is 10.6. The molecule has 5 aliphatic rings. The molecule has 1 heterocycles. The third-order valence-corrected chi connectivity index (χ3v) is 9.29. The van der Waals surface area contributed by atoms with E-state index in [2.05, 4.69) is 30.4 Å². The van der Waals surface area contributed by atoms with Crippen molar-refractivity contribution in [2.24, 2.45) is 33.7 Å². The first-order valence-corrected chi connectivity index (χ1v) is 11.7. The second kappa shape index (κ2) is 6.97. The summed E-state index contributed by atoms with van der Waals surface area (Å²) in [4.78, 5) is 18.5. The van der Waals surface area contributed by atoms with Gasteiger partial charge in [0.1, 0.15) is 11.9 Å². The fraction of sp³-hybridized carbons (Fsp3) is 0.833. The lowest BCUT2D eigenvalue weighted by atomic mass is 9.47. The van der Waals surface area contributed by atoms with E-state index in [1.807, 2.05) is 0 Å². The van der Waals surface area contributed by atoms with E-state index >= 15 is 0 Å². The Labute approximate surface area is 169 Å². The molecule has 1 N–H and O–H groups in total. The van der Waals surface area contributed by atoms with Gasteiger partial charge in [-0.05, 0) is 100 Å². The van der Waals surface area contributed by atoms with Gasteiger partial charge < -0.3 is 10.2 Å². The Bertz CT molecular complexity index is 707. The summed E-state index contributed by atoms with van der Waals surface area (Å²) in [7, 11) is 0. The Hall–Kier alpha value is -1.16. The number of nitrogens with one attached hydrogen (secondary N) is 1. The Morgan fingerprint density at radius 3 is 2.57 bits per heavy atom. The van der Waals surface area contributed by atoms with E-state index in [4.69, 9.17) is 4.84 Å². The molecule has 4 fully saturated rings. The standard InChI is InChI=1S/C24H36N2O2/c1-23-11-7-17(26-28-18-9-13-25-14-10-18)15-16(23)3-4-19-20-5-6-22(27)24(20,2)12-8-21(19)23/h15,18-21,25H,3-14H2,1-2H3/b26-17+/t19?,20?,21?,23-,24-/m0/s1. The maximum Gasteiger partial charge on any atom is 0.139 e. The summed E-state index contributed by atoms with van der Waals surface area (Å²) < 4.78 is 0. The predicted octanol–water partition coefficient (Wildman–Crippen LogP) is 4.64. The highest BCUT2D eigenvalue weighted by atomic mass is 16.6. The molecule has 1 saturated heterocycles. The maximum absolute atomic E-state index is 12.6. The Kier molecular flexibility index (Phi) is 4.69. The van der Waals surface area contributed by atoms with E-state index in [-0.39, 0.29) is 11.5 Å². The maximum atomic E-state index is 12.6. The predicted molar refractivity (Wildman–Crippen MR) is 111 cm³/mol. The molecule has 3 saturated carbocycles. The molecule has 154 valence electrons. The number of rotatable bonds is 2. The van der Waals surface area contributed by atoms with Crippen LogP contribution in [0.4, 0.5) is 0 Å². The van der Waals surface area contributed by atoms with Crippen molar-refractivity contribution >= 4 is 11.5 Å². The van der Waals surface area contributed by atoms with Crippen LogP contribution in [0.25, 0.3) is 0 Å². The number of oxime groups is 1. The molecule has 0 radical (unpaired) electrons. The highest BCUT2D eigenvalue weighted by Gasteiger charge is 2.58. The molecule has 28 heavy (non-hydrogen) atoms. The molecule has 0 aromatic carbocycles. The van der Waals surface area contributed by atoms with Gasteiger partial charge in [0, 0.05) is 11.8 Å². The number of hydrogen-bond acceptors (Lipinski definition) is 4. The van der Waals surface area contributed by atoms with Gasteiger partial charge in [-0.2, -0.15) is 0 Å². The fourth-order valence-electron chi connectivity index (χ4n) is 7.46. The van der Waals surface area contributed by atoms with Gasteiger partial charge >= 0.3 is 0 Å². The lowest BCUT2D eigenvalue weighted by Gasteiger charge is -2.57. The van der Waals surface area contributed by atoms with Crippen molar-refractivity contribution in [2.75, 3.05) is 13.1 Å². The first-order valence-electron chi connectivity index (χ1n) is 11.7. The van der Waals surface area contributed by atoms with Gasteiger partial charge in [-0.15, -0.1) is 0 Å². The van der Waals surface area contributed by atoms with Crippen LogP contribution in [0, 0.1) is 28.6 Å². The summed E-state index contributed by atoms with van der Waals surface area (Å²) in [6.45, 7) is 6.88. The van der Waals surface area contributed by atoms with Crippen LogP contribution in [-0.2, 0) is 9.63 Å². The van der Waals surface area contributed by atoms with E-state index in [1.54, 1.807) is 5.57 Å². The molecular weight excluding hydrogens is 348 g/mol. The number of hydrogen-bond donors (Lipinski definition) is 1. The van der Waals surface area contributed by atoms with Gasteiger partial charge in [0.05, 0.1) is 5.71 Å². The summed E-state index contributed by atoms with van der Waals surface area (Å²) in [6, 6.07) is 0. The van der Waals surface area contributed by atoms with E-state index in [9.17, 15) is 4.79 Å². The number of carbonyl (C=O) groups is 1. The molecule has 0 aromatic heterocycles. The van der Waals surface area contributed by atoms with Crippen LogP contribution in [-0.4, -0.2) is 30.7 Å². The number of piperidine rings is 1. The van der Waals surface area contributed by atoms with Gasteiger partial charge in [-0.25, -0.2) is 0 Å². The summed E-state index contributed by atoms with van der Waals surface area (Å²) in [5.41, 5.74) is 3.06. The molecule has 0 amide bonds. The number of carbonyl (C=O) groups excluding carboxylic acids is 1. The van der Waals surface area contributed by atoms with Gasteiger partial charge in [0.15, 0.2) is 0 Å². The SMILES string of the molecule is C[C@]12CC/C(=N\OC3CCNCC3)C=C1CCC1C2CC[C@]2(C)C(=O)CCC12.